The number of halogens is 1. The molecule has 1 saturated carbocycles. The highest BCUT2D eigenvalue weighted by Crippen LogP contribution is 2.46. The summed E-state index contributed by atoms with van der Waals surface area (Å²) in [5, 5.41) is 12.5. The molecule has 11 heteroatoms. The zero-order chi connectivity index (χ0) is 36.8. The van der Waals surface area contributed by atoms with Gasteiger partial charge in [0.1, 0.15) is 16.7 Å². The number of piperazine rings is 1. The monoisotopic (exact) mass is 754 g/mol. The Morgan fingerprint density at radius 3 is 2.65 bits per heavy atom. The number of hydrogen-bond acceptors (Lipinski definition) is 8. The van der Waals surface area contributed by atoms with Crippen molar-refractivity contribution >= 4 is 34.2 Å². The van der Waals surface area contributed by atoms with Gasteiger partial charge in [0.05, 0.1) is 36.4 Å². The number of aliphatic hydroxyl groups is 1. The maximum absolute atomic E-state index is 13.5. The number of carbonyl (C=O) groups is 1. The van der Waals surface area contributed by atoms with Crippen LogP contribution >= 0.6 is 11.6 Å². The van der Waals surface area contributed by atoms with Crippen molar-refractivity contribution < 1.29 is 23.6 Å². The molecule has 4 aliphatic heterocycles. The average Bonchev–Trinajstić information content (AvgIpc) is 3.32. The lowest BCUT2D eigenvalue weighted by Gasteiger charge is -2.51. The molecule has 8 atom stereocenters. The topological polar surface area (TPSA) is 94.6 Å². The minimum atomic E-state index is -1.56. The third-order valence-corrected chi connectivity index (χ3v) is 13.7. The lowest BCUT2D eigenvalue weighted by Crippen LogP contribution is -2.62. The van der Waals surface area contributed by atoms with Gasteiger partial charge in [-0.2, -0.15) is 0 Å². The van der Waals surface area contributed by atoms with Crippen molar-refractivity contribution in [1.82, 2.24) is 14.5 Å². The summed E-state index contributed by atoms with van der Waals surface area (Å²) >= 11 is 4.64. The number of allylic oxidation sites excluding steroid dienone is 1. The highest BCUT2D eigenvalue weighted by Gasteiger charge is 2.47. The van der Waals surface area contributed by atoms with Crippen LogP contribution in [0, 0.1) is 17.8 Å². The molecule has 0 aromatic heterocycles. The number of benzene rings is 2. The van der Waals surface area contributed by atoms with Crippen LogP contribution in [0.1, 0.15) is 73.9 Å². The summed E-state index contributed by atoms with van der Waals surface area (Å²) in [5.41, 5.74) is 3.06. The molecule has 8 unspecified atom stereocenters. The van der Waals surface area contributed by atoms with Gasteiger partial charge in [0.15, 0.2) is 0 Å². The zero-order valence-electron chi connectivity index (χ0n) is 31.5. The fourth-order valence-electron chi connectivity index (χ4n) is 8.89. The Hall–Kier alpha value is -2.47. The van der Waals surface area contributed by atoms with Gasteiger partial charge < -0.3 is 19.5 Å². The summed E-state index contributed by atoms with van der Waals surface area (Å²) in [6.45, 7) is 14.3. The number of rotatable bonds is 5. The van der Waals surface area contributed by atoms with Crippen molar-refractivity contribution in [2.45, 2.75) is 75.7 Å². The summed E-state index contributed by atoms with van der Waals surface area (Å²) in [5.74, 6) is 0.998. The van der Waals surface area contributed by atoms with E-state index in [9.17, 15) is 14.1 Å². The number of aryl methyl sites for hydroxylation is 1. The van der Waals surface area contributed by atoms with Gasteiger partial charge in [-0.1, -0.05) is 56.7 Å². The van der Waals surface area contributed by atoms with Crippen LogP contribution in [-0.4, -0.2) is 114 Å². The van der Waals surface area contributed by atoms with E-state index < -0.39 is 16.6 Å². The summed E-state index contributed by atoms with van der Waals surface area (Å²) < 4.78 is 28.6. The number of ether oxygens (including phenoxy) is 2. The molecule has 5 aliphatic rings. The van der Waals surface area contributed by atoms with Gasteiger partial charge in [-0.25, -0.2) is 4.21 Å². The van der Waals surface area contributed by atoms with Crippen molar-refractivity contribution in [3.63, 3.8) is 0 Å². The average molecular weight is 755 g/mol. The van der Waals surface area contributed by atoms with Gasteiger partial charge in [-0.3, -0.25) is 19.3 Å². The van der Waals surface area contributed by atoms with Gasteiger partial charge in [0.2, 0.25) is 0 Å². The van der Waals surface area contributed by atoms with Crippen LogP contribution in [0.3, 0.4) is 0 Å². The number of nitrogens with one attached hydrogen (secondary N) is 1. The van der Waals surface area contributed by atoms with E-state index in [1.165, 1.54) is 17.5 Å². The Bertz CT molecular complexity index is 1580. The first-order valence-corrected chi connectivity index (χ1v) is 21.3. The van der Waals surface area contributed by atoms with E-state index in [-0.39, 0.29) is 34.8 Å². The Kier molecular flexibility index (Phi) is 13.4. The Morgan fingerprint density at radius 1 is 1.04 bits per heavy atom. The van der Waals surface area contributed by atoms with Crippen molar-refractivity contribution in [3.05, 3.63) is 71.3 Å². The summed E-state index contributed by atoms with van der Waals surface area (Å²) in [4.78, 5) is 20.9. The summed E-state index contributed by atoms with van der Waals surface area (Å²) in [6.07, 6.45) is 10.4. The molecule has 1 aliphatic carbocycles. The van der Waals surface area contributed by atoms with Gasteiger partial charge in [-0.15, -0.1) is 11.6 Å². The zero-order valence-corrected chi connectivity index (χ0v) is 33.0. The Balaban J connectivity index is 0.00000228. The fourth-order valence-corrected chi connectivity index (χ4v) is 9.91. The van der Waals surface area contributed by atoms with Gasteiger partial charge >= 0.3 is 0 Å². The maximum atomic E-state index is 13.5. The van der Waals surface area contributed by atoms with E-state index in [1.54, 1.807) is 6.07 Å². The number of hydrogen-bond donors (Lipinski definition) is 2. The molecule has 2 bridgehead atoms. The molecule has 2 saturated heterocycles. The second kappa shape index (κ2) is 17.8. The molecule has 9 nitrogen and oxygen atoms in total. The molecule has 2 N–H and O–H groups in total. The van der Waals surface area contributed by atoms with E-state index in [0.717, 1.165) is 89.6 Å². The normalized spacial score (nSPS) is 33.5. The molecule has 3 fully saturated rings. The summed E-state index contributed by atoms with van der Waals surface area (Å²) in [6, 6.07) is 14.7. The highest BCUT2D eigenvalue weighted by atomic mass is 35.5. The first-order chi connectivity index (χ1) is 25.2. The highest BCUT2D eigenvalue weighted by molar-refractivity contribution is 7.84. The van der Waals surface area contributed by atoms with Crippen LogP contribution in [0.5, 0.6) is 5.75 Å². The number of alkyl halides is 1. The molecular weight excluding hydrogens is 696 g/mol. The van der Waals surface area contributed by atoms with Crippen LogP contribution < -0.4 is 14.4 Å². The number of morpholine rings is 1. The van der Waals surface area contributed by atoms with E-state index >= 15 is 0 Å². The fraction of sp³-hybridized carbons (Fsp3) is 0.634. The van der Waals surface area contributed by atoms with Crippen LogP contribution in [0.4, 0.5) is 5.69 Å². The smallest absolute Gasteiger partial charge is 0.263 e. The van der Waals surface area contributed by atoms with Crippen LogP contribution in [-0.2, 0) is 22.1 Å². The number of carbonyl (C=O) groups excluding carboxylic acids is 1. The predicted octanol–water partition coefficient (Wildman–Crippen LogP) is 5.63. The van der Waals surface area contributed by atoms with E-state index in [2.05, 4.69) is 81.3 Å². The lowest BCUT2D eigenvalue weighted by molar-refractivity contribution is -0.0902. The SMILES string of the molecule is CCCc1ccccc1C1COc2ccc3cc2N(C1)CC1CCC1C(O)(CN1CCN2CCOCC2C1)/C=C/CC(C)C(C)S(=O)NC3=O.CCl. The van der Waals surface area contributed by atoms with Crippen molar-refractivity contribution in [3.8, 4) is 5.75 Å². The van der Waals surface area contributed by atoms with E-state index in [4.69, 9.17) is 9.47 Å². The predicted molar refractivity (Wildman–Crippen MR) is 211 cm³/mol. The Labute approximate surface area is 318 Å². The van der Waals surface area contributed by atoms with Crippen molar-refractivity contribution in [2.75, 3.05) is 76.9 Å². The van der Waals surface area contributed by atoms with Gasteiger partial charge in [-0.05, 0) is 79.7 Å². The molecule has 4 heterocycles. The molecule has 286 valence electrons. The third-order valence-electron chi connectivity index (χ3n) is 12.2. The quantitative estimate of drug-likeness (QED) is 0.300. The molecule has 2 aromatic carbocycles. The van der Waals surface area contributed by atoms with E-state index in [1.807, 2.05) is 19.1 Å². The van der Waals surface area contributed by atoms with Crippen molar-refractivity contribution in [1.29, 1.82) is 0 Å². The van der Waals surface area contributed by atoms with Crippen LogP contribution in [0.15, 0.2) is 54.6 Å². The first-order valence-electron chi connectivity index (χ1n) is 19.4. The van der Waals surface area contributed by atoms with Crippen molar-refractivity contribution in [2.24, 2.45) is 17.8 Å². The number of anilines is 1. The molecule has 1 amide bonds. The molecule has 0 spiro atoms. The first kappa shape index (κ1) is 39.2. The van der Waals surface area contributed by atoms with Crippen LogP contribution in [0.25, 0.3) is 0 Å². The number of β-amino-alcohol motifs (C(OH)–C–C–N with tert-alkyl or cyclic N) is 1. The van der Waals surface area contributed by atoms with Gasteiger partial charge in [0.25, 0.3) is 5.91 Å². The molecular formula is C41H59ClN4O5S. The lowest BCUT2D eigenvalue weighted by atomic mass is 9.64. The number of fused-ring (bicyclic) bond motifs is 3. The second-order valence-electron chi connectivity index (χ2n) is 15.5. The third kappa shape index (κ3) is 8.74. The molecule has 2 aromatic rings. The standard InChI is InChI=1S/C40H56N4O5S.CH3Cl/c1-4-8-30-10-5-6-11-35(30)33-23-44-22-32-12-14-36(32)40(46,27-42-17-18-43-19-20-48-26-34(43)24-42)16-7-9-28(2)29(3)50(47)41-39(45)31-13-15-38(49-25-33)37(44)21-31;1-2/h5-7,10-11,13,15-16,21,28-29,32-34,36,46H,4,8-9,12,14,17-20,22-27H2,1-3H3,(H,41,45);1H3/b16-7+;. The van der Waals surface area contributed by atoms with Crippen LogP contribution in [0.2, 0.25) is 0 Å². The van der Waals surface area contributed by atoms with E-state index in [0.29, 0.717) is 31.2 Å². The second-order valence-corrected chi connectivity index (χ2v) is 17.1. The molecule has 0 radical (unpaired) electrons. The number of amides is 1. The minimum Gasteiger partial charge on any atom is -0.491 e. The maximum Gasteiger partial charge on any atom is 0.263 e. The largest absolute Gasteiger partial charge is 0.491 e. The Morgan fingerprint density at radius 2 is 1.87 bits per heavy atom. The number of nitrogens with zero attached hydrogens (tertiary/aromatic N) is 3. The molecule has 7 rings (SSSR count). The minimum absolute atomic E-state index is 0.0492. The van der Waals surface area contributed by atoms with Gasteiger partial charge in [0, 0.05) is 69.7 Å². The summed E-state index contributed by atoms with van der Waals surface area (Å²) in [7, 11) is -1.56. The molecule has 52 heavy (non-hydrogen) atoms.